The van der Waals surface area contributed by atoms with Crippen molar-refractivity contribution in [3.05, 3.63) is 35.3 Å². The molecule has 1 fully saturated rings. The number of hydrogen-bond donors (Lipinski definition) is 1. The molecule has 0 radical (unpaired) electrons. The highest BCUT2D eigenvalue weighted by molar-refractivity contribution is 5.94. The van der Waals surface area contributed by atoms with Crippen molar-refractivity contribution < 1.29 is 9.52 Å². The third-order valence-corrected chi connectivity index (χ3v) is 3.09. The normalized spacial score (nSPS) is 19.1. The molecule has 5 heteroatoms. The number of aromatic nitrogens is 1. The highest BCUT2D eigenvalue weighted by atomic mass is 16.5. The highest BCUT2D eigenvalue weighted by Crippen LogP contribution is 2.18. The van der Waals surface area contributed by atoms with Crippen molar-refractivity contribution in [1.82, 2.24) is 10.2 Å². The predicted molar refractivity (Wildman–Crippen MR) is 63.4 cm³/mol. The first-order chi connectivity index (χ1) is 8.00. The molecule has 2 rings (SSSR count). The van der Waals surface area contributed by atoms with Gasteiger partial charge in [0.2, 0.25) is 0 Å². The third-order valence-electron chi connectivity index (χ3n) is 3.09. The molecule has 1 aliphatic rings. The molecular weight excluding hydrogens is 218 g/mol. The number of pyridine rings is 1. The summed E-state index contributed by atoms with van der Waals surface area (Å²) in [5.74, 6) is -0.0166. The van der Waals surface area contributed by atoms with E-state index in [9.17, 15) is 10.0 Å². The molecule has 1 amide bonds. The Kier molecular flexibility index (Phi) is 3.02. The minimum absolute atomic E-state index is 0.0166. The first kappa shape index (κ1) is 11.9. The molecule has 5 nitrogen and oxygen atoms in total. The Hall–Kier alpha value is -1.62. The van der Waals surface area contributed by atoms with Crippen molar-refractivity contribution in [1.29, 1.82) is 0 Å². The van der Waals surface area contributed by atoms with Crippen molar-refractivity contribution in [3.63, 3.8) is 0 Å². The van der Waals surface area contributed by atoms with Gasteiger partial charge in [0.15, 0.2) is 12.4 Å². The zero-order valence-corrected chi connectivity index (χ0v) is 10.1. The van der Waals surface area contributed by atoms with Gasteiger partial charge in [0.25, 0.3) is 5.91 Å². The Labute approximate surface area is 101 Å². The largest absolute Gasteiger partial charge is 0.619 e. The van der Waals surface area contributed by atoms with Crippen LogP contribution in [0.1, 0.15) is 24.2 Å². The second-order valence-electron chi connectivity index (χ2n) is 4.89. The van der Waals surface area contributed by atoms with Gasteiger partial charge < -0.3 is 15.4 Å². The minimum Gasteiger partial charge on any atom is -0.619 e. The van der Waals surface area contributed by atoms with Gasteiger partial charge >= 0.3 is 0 Å². The van der Waals surface area contributed by atoms with Gasteiger partial charge in [-0.3, -0.25) is 4.79 Å². The maximum atomic E-state index is 12.3. The van der Waals surface area contributed by atoms with E-state index in [0.29, 0.717) is 16.8 Å². The fraction of sp³-hybridized carbons (Fsp3) is 0.500. The van der Waals surface area contributed by atoms with Crippen LogP contribution < -0.4 is 10.0 Å². The van der Waals surface area contributed by atoms with Gasteiger partial charge in [0.05, 0.1) is 11.1 Å². The Morgan fingerprint density at radius 2 is 2.12 bits per heavy atom. The highest BCUT2D eigenvalue weighted by Gasteiger charge is 2.33. The summed E-state index contributed by atoms with van der Waals surface area (Å²) < 4.78 is 0.680. The summed E-state index contributed by atoms with van der Waals surface area (Å²) in [7, 11) is 0. The van der Waals surface area contributed by atoms with Gasteiger partial charge in [-0.2, -0.15) is 4.73 Å². The quantitative estimate of drug-likeness (QED) is 0.556. The van der Waals surface area contributed by atoms with Crippen LogP contribution >= 0.6 is 0 Å². The Balaban J connectivity index is 2.21. The number of amides is 1. The van der Waals surface area contributed by atoms with Crippen LogP contribution in [-0.4, -0.2) is 36.0 Å². The molecule has 1 aliphatic heterocycles. The fourth-order valence-electron chi connectivity index (χ4n) is 2.07. The number of carbonyl (C=O) groups excluding carboxylic acids is 1. The number of carbonyl (C=O) groups is 1. The van der Waals surface area contributed by atoms with Crippen LogP contribution in [0, 0.1) is 5.21 Å². The van der Waals surface area contributed by atoms with Crippen molar-refractivity contribution in [2.45, 2.75) is 19.4 Å². The van der Waals surface area contributed by atoms with Crippen molar-refractivity contribution in [2.75, 3.05) is 19.6 Å². The smallest absolute Gasteiger partial charge is 0.254 e. The maximum absolute atomic E-state index is 12.3. The lowest BCUT2D eigenvalue weighted by atomic mass is 9.99. The SMILES string of the molecule is CC1(C)CNCCN1C(=O)c1cc[n+]([O-])cc1. The van der Waals surface area contributed by atoms with Crippen molar-refractivity contribution in [2.24, 2.45) is 0 Å². The summed E-state index contributed by atoms with van der Waals surface area (Å²) in [6.45, 7) is 6.36. The van der Waals surface area contributed by atoms with Crippen LogP contribution in [-0.2, 0) is 0 Å². The Morgan fingerprint density at radius 3 is 2.71 bits per heavy atom. The van der Waals surface area contributed by atoms with Crippen LogP contribution in [0.3, 0.4) is 0 Å². The van der Waals surface area contributed by atoms with Crippen LogP contribution in [0.15, 0.2) is 24.5 Å². The molecule has 1 aromatic heterocycles. The molecule has 0 bridgehead atoms. The van der Waals surface area contributed by atoms with E-state index in [4.69, 9.17) is 0 Å². The summed E-state index contributed by atoms with van der Waals surface area (Å²) in [6.07, 6.45) is 2.70. The second kappa shape index (κ2) is 4.33. The Bertz CT molecular complexity index is 414. The van der Waals surface area contributed by atoms with E-state index in [-0.39, 0.29) is 11.4 Å². The molecule has 2 heterocycles. The van der Waals surface area contributed by atoms with Gasteiger partial charge in [-0.25, -0.2) is 0 Å². The maximum Gasteiger partial charge on any atom is 0.254 e. The first-order valence-corrected chi connectivity index (χ1v) is 5.72. The summed E-state index contributed by atoms with van der Waals surface area (Å²) in [6, 6.07) is 3.13. The molecule has 0 aromatic carbocycles. The average molecular weight is 235 g/mol. The van der Waals surface area contributed by atoms with Crippen LogP contribution in [0.4, 0.5) is 0 Å². The van der Waals surface area contributed by atoms with Crippen molar-refractivity contribution in [3.8, 4) is 0 Å². The summed E-state index contributed by atoms with van der Waals surface area (Å²) in [4.78, 5) is 14.2. The molecule has 17 heavy (non-hydrogen) atoms. The number of hydrogen-bond acceptors (Lipinski definition) is 3. The lowest BCUT2D eigenvalue weighted by Crippen LogP contribution is -2.59. The van der Waals surface area contributed by atoms with Crippen LogP contribution in [0.25, 0.3) is 0 Å². The van der Waals surface area contributed by atoms with E-state index in [2.05, 4.69) is 5.32 Å². The van der Waals surface area contributed by atoms with Gasteiger partial charge in [0, 0.05) is 31.8 Å². The zero-order valence-electron chi connectivity index (χ0n) is 10.1. The van der Waals surface area contributed by atoms with Gasteiger partial charge in [-0.05, 0) is 13.8 Å². The first-order valence-electron chi connectivity index (χ1n) is 5.72. The van der Waals surface area contributed by atoms with E-state index in [1.807, 2.05) is 18.7 Å². The number of nitrogens with one attached hydrogen (secondary N) is 1. The number of nitrogens with zero attached hydrogens (tertiary/aromatic N) is 2. The number of piperazine rings is 1. The van der Waals surface area contributed by atoms with E-state index >= 15 is 0 Å². The summed E-state index contributed by atoms with van der Waals surface area (Å²) in [5, 5.41) is 14.2. The molecule has 0 spiro atoms. The molecule has 0 saturated carbocycles. The van der Waals surface area contributed by atoms with Crippen LogP contribution in [0.5, 0.6) is 0 Å². The van der Waals surface area contributed by atoms with E-state index in [1.165, 1.54) is 12.4 Å². The molecule has 0 aliphatic carbocycles. The lowest BCUT2D eigenvalue weighted by Gasteiger charge is -2.42. The molecule has 1 aromatic rings. The van der Waals surface area contributed by atoms with Gasteiger partial charge in [-0.15, -0.1) is 0 Å². The zero-order chi connectivity index (χ0) is 12.5. The van der Waals surface area contributed by atoms with Gasteiger partial charge in [0.1, 0.15) is 0 Å². The average Bonchev–Trinajstić information content (AvgIpc) is 2.28. The topological polar surface area (TPSA) is 59.3 Å². The van der Waals surface area contributed by atoms with Crippen LogP contribution in [0.2, 0.25) is 0 Å². The predicted octanol–water partition coefficient (Wildman–Crippen LogP) is 0.144. The molecule has 1 saturated heterocycles. The van der Waals surface area contributed by atoms with E-state index < -0.39 is 0 Å². The minimum atomic E-state index is -0.196. The second-order valence-corrected chi connectivity index (χ2v) is 4.89. The third kappa shape index (κ3) is 2.39. The van der Waals surface area contributed by atoms with E-state index in [1.54, 1.807) is 12.1 Å². The molecule has 0 atom stereocenters. The molecular formula is C12H17N3O2. The number of rotatable bonds is 1. The standard InChI is InChI=1S/C12H17N3O2/c1-12(2)9-13-5-8-15(12)11(16)10-3-6-14(17)7-4-10/h3-4,6-7,13H,5,8-9H2,1-2H3. The molecule has 1 N–H and O–H groups in total. The summed E-state index contributed by atoms with van der Waals surface area (Å²) in [5.41, 5.74) is 0.366. The van der Waals surface area contributed by atoms with E-state index in [0.717, 1.165) is 13.1 Å². The Morgan fingerprint density at radius 1 is 1.47 bits per heavy atom. The lowest BCUT2D eigenvalue weighted by molar-refractivity contribution is -0.605. The fourth-order valence-corrected chi connectivity index (χ4v) is 2.07. The molecule has 0 unspecified atom stereocenters. The van der Waals surface area contributed by atoms with Gasteiger partial charge in [-0.1, -0.05) is 0 Å². The molecule has 92 valence electrons. The summed E-state index contributed by atoms with van der Waals surface area (Å²) >= 11 is 0. The van der Waals surface area contributed by atoms with Crippen molar-refractivity contribution >= 4 is 5.91 Å². The monoisotopic (exact) mass is 235 g/mol.